The lowest BCUT2D eigenvalue weighted by molar-refractivity contribution is 0.347. The smallest absolute Gasteiger partial charge is 0.116 e. The maximum absolute atomic E-state index is 9.82. The van der Waals surface area contributed by atoms with E-state index in [1.54, 1.807) is 17.2 Å². The summed E-state index contributed by atoms with van der Waals surface area (Å²) in [5, 5.41) is 9.82. The van der Waals surface area contributed by atoms with E-state index in [4.69, 9.17) is 0 Å². The Balaban J connectivity index is 1.81. The van der Waals surface area contributed by atoms with Crippen molar-refractivity contribution in [3.63, 3.8) is 0 Å². The minimum atomic E-state index is 0.385. The largest absolute Gasteiger partial charge is 0.508 e. The van der Waals surface area contributed by atoms with E-state index < -0.39 is 0 Å². The van der Waals surface area contributed by atoms with Crippen LogP contribution in [-0.2, 0) is 0 Å². The lowest BCUT2D eigenvalue weighted by atomic mass is 9.61. The first kappa shape index (κ1) is 14.1. The third kappa shape index (κ3) is 2.31. The van der Waals surface area contributed by atoms with Crippen molar-refractivity contribution >= 4 is 5.57 Å². The first-order chi connectivity index (χ1) is 10.7. The van der Waals surface area contributed by atoms with Crippen molar-refractivity contribution in [1.29, 1.82) is 0 Å². The predicted molar refractivity (Wildman–Crippen MR) is 91.6 cm³/mol. The van der Waals surface area contributed by atoms with Crippen LogP contribution in [0, 0.1) is 11.8 Å². The van der Waals surface area contributed by atoms with Gasteiger partial charge in [-0.3, -0.25) is 0 Å². The van der Waals surface area contributed by atoms with Gasteiger partial charge in [0.2, 0.25) is 0 Å². The molecule has 2 atom stereocenters. The van der Waals surface area contributed by atoms with E-state index in [0.717, 1.165) is 5.92 Å². The standard InChI is InChI=1S/C21H26O/c1-14(15-7-4-9-18(22)13-15)21-17-8-5-11-20(21)19-10-3-2-6-16(19)12-17/h4,7,9,13,17,20,22H,2-3,5-6,8,10-12H2,1H3/b21-14-. The summed E-state index contributed by atoms with van der Waals surface area (Å²) in [4.78, 5) is 0. The molecule has 1 saturated carbocycles. The van der Waals surface area contributed by atoms with Crippen molar-refractivity contribution in [1.82, 2.24) is 0 Å². The van der Waals surface area contributed by atoms with Crippen molar-refractivity contribution in [2.45, 2.75) is 58.3 Å². The molecule has 0 heterocycles. The van der Waals surface area contributed by atoms with Gasteiger partial charge in [0.15, 0.2) is 0 Å². The molecule has 1 fully saturated rings. The fraction of sp³-hybridized carbons (Fsp3) is 0.524. The molecule has 1 nitrogen and oxygen atoms in total. The highest BCUT2D eigenvalue weighted by Gasteiger charge is 2.37. The van der Waals surface area contributed by atoms with Crippen molar-refractivity contribution in [2.24, 2.45) is 11.8 Å². The van der Waals surface area contributed by atoms with Crippen LogP contribution in [0.2, 0.25) is 0 Å². The molecular weight excluding hydrogens is 268 g/mol. The van der Waals surface area contributed by atoms with E-state index in [-0.39, 0.29) is 0 Å². The molecule has 1 aromatic rings. The third-order valence-corrected chi connectivity index (χ3v) is 6.12. The minimum Gasteiger partial charge on any atom is -0.508 e. The summed E-state index contributed by atoms with van der Waals surface area (Å²) in [7, 11) is 0. The summed E-state index contributed by atoms with van der Waals surface area (Å²) in [5.74, 6) is 1.86. The second-order valence-electron chi connectivity index (χ2n) is 7.35. The zero-order valence-electron chi connectivity index (χ0n) is 13.6. The number of hydrogen-bond acceptors (Lipinski definition) is 1. The normalized spacial score (nSPS) is 30.0. The molecule has 3 aliphatic rings. The fourth-order valence-corrected chi connectivity index (χ4v) is 5.15. The Kier molecular flexibility index (Phi) is 3.60. The molecule has 22 heavy (non-hydrogen) atoms. The number of phenolic OH excluding ortho intramolecular Hbond substituents is 1. The number of benzene rings is 1. The van der Waals surface area contributed by atoms with E-state index in [1.165, 1.54) is 62.5 Å². The summed E-state index contributed by atoms with van der Waals surface area (Å²) < 4.78 is 0. The predicted octanol–water partition coefficient (Wildman–Crippen LogP) is 5.86. The van der Waals surface area contributed by atoms with Gasteiger partial charge in [-0.25, -0.2) is 0 Å². The van der Waals surface area contributed by atoms with E-state index in [0.29, 0.717) is 11.7 Å². The molecule has 1 heteroatoms. The molecule has 2 bridgehead atoms. The van der Waals surface area contributed by atoms with Crippen LogP contribution in [-0.4, -0.2) is 5.11 Å². The molecule has 0 radical (unpaired) electrons. The summed E-state index contributed by atoms with van der Waals surface area (Å²) in [6, 6.07) is 7.83. The van der Waals surface area contributed by atoms with Crippen LogP contribution in [0.5, 0.6) is 5.75 Å². The molecule has 0 aliphatic heterocycles. The average molecular weight is 294 g/mol. The van der Waals surface area contributed by atoms with Gasteiger partial charge in [-0.05, 0) is 81.1 Å². The van der Waals surface area contributed by atoms with Gasteiger partial charge in [-0.2, -0.15) is 0 Å². The summed E-state index contributed by atoms with van der Waals surface area (Å²) in [6.07, 6.45) is 10.9. The molecule has 0 amide bonds. The Hall–Kier alpha value is -1.50. The summed E-state index contributed by atoms with van der Waals surface area (Å²) in [5.41, 5.74) is 7.97. The zero-order valence-corrected chi connectivity index (χ0v) is 13.6. The van der Waals surface area contributed by atoms with Gasteiger partial charge in [0.25, 0.3) is 0 Å². The highest BCUT2D eigenvalue weighted by atomic mass is 16.3. The second kappa shape index (κ2) is 5.61. The van der Waals surface area contributed by atoms with Crippen LogP contribution in [0.3, 0.4) is 0 Å². The summed E-state index contributed by atoms with van der Waals surface area (Å²) >= 11 is 0. The molecule has 1 N–H and O–H groups in total. The topological polar surface area (TPSA) is 20.2 Å². The molecule has 0 saturated heterocycles. The maximum atomic E-state index is 9.82. The van der Waals surface area contributed by atoms with Crippen LogP contribution in [0.15, 0.2) is 41.0 Å². The molecule has 1 aromatic carbocycles. The third-order valence-electron chi connectivity index (χ3n) is 6.12. The number of rotatable bonds is 1. The van der Waals surface area contributed by atoms with Gasteiger partial charge in [0.1, 0.15) is 5.75 Å². The van der Waals surface area contributed by atoms with E-state index in [2.05, 4.69) is 13.0 Å². The van der Waals surface area contributed by atoms with Gasteiger partial charge >= 0.3 is 0 Å². The highest BCUT2D eigenvalue weighted by Crippen LogP contribution is 2.52. The Morgan fingerprint density at radius 2 is 1.95 bits per heavy atom. The lowest BCUT2D eigenvalue weighted by Crippen LogP contribution is -2.29. The number of aromatic hydroxyl groups is 1. The van der Waals surface area contributed by atoms with Crippen molar-refractivity contribution in [3.8, 4) is 5.75 Å². The molecule has 0 aromatic heterocycles. The monoisotopic (exact) mass is 294 g/mol. The first-order valence-corrected chi connectivity index (χ1v) is 8.95. The molecule has 0 spiro atoms. The first-order valence-electron chi connectivity index (χ1n) is 8.95. The van der Waals surface area contributed by atoms with Crippen LogP contribution in [0.1, 0.15) is 63.9 Å². The van der Waals surface area contributed by atoms with E-state index in [1.807, 2.05) is 17.7 Å². The highest BCUT2D eigenvalue weighted by molar-refractivity contribution is 5.70. The van der Waals surface area contributed by atoms with E-state index >= 15 is 0 Å². The quantitative estimate of drug-likeness (QED) is 0.643. The van der Waals surface area contributed by atoms with Gasteiger partial charge < -0.3 is 5.11 Å². The number of phenols is 1. The number of fused-ring (bicyclic) bond motifs is 3. The van der Waals surface area contributed by atoms with Crippen molar-refractivity contribution < 1.29 is 5.11 Å². The Labute approximate surface area is 133 Å². The second-order valence-corrected chi connectivity index (χ2v) is 7.35. The van der Waals surface area contributed by atoms with Gasteiger partial charge in [-0.1, -0.05) is 35.3 Å². The molecular formula is C21H26O. The molecule has 3 aliphatic carbocycles. The minimum absolute atomic E-state index is 0.385. The number of hydrogen-bond donors (Lipinski definition) is 1. The van der Waals surface area contributed by atoms with Gasteiger partial charge in [0.05, 0.1) is 0 Å². The Bertz CT molecular complexity index is 650. The SMILES string of the molecule is C/C(=C1\C2CCCC1C1=C(CCCC1)C2)c1cccc(O)c1. The molecule has 2 unspecified atom stereocenters. The average Bonchev–Trinajstić information content (AvgIpc) is 2.54. The van der Waals surface area contributed by atoms with Gasteiger partial charge in [0, 0.05) is 5.92 Å². The van der Waals surface area contributed by atoms with Crippen LogP contribution in [0.25, 0.3) is 5.57 Å². The van der Waals surface area contributed by atoms with Crippen molar-refractivity contribution in [2.75, 3.05) is 0 Å². The Morgan fingerprint density at radius 1 is 1.09 bits per heavy atom. The maximum Gasteiger partial charge on any atom is 0.116 e. The molecule has 116 valence electrons. The lowest BCUT2D eigenvalue weighted by Gasteiger charge is -2.43. The Morgan fingerprint density at radius 3 is 2.82 bits per heavy atom. The fourth-order valence-electron chi connectivity index (χ4n) is 5.15. The zero-order chi connectivity index (χ0) is 15.1. The van der Waals surface area contributed by atoms with Crippen LogP contribution in [0.4, 0.5) is 0 Å². The van der Waals surface area contributed by atoms with Crippen LogP contribution >= 0.6 is 0 Å². The van der Waals surface area contributed by atoms with Crippen LogP contribution < -0.4 is 0 Å². The summed E-state index contributed by atoms with van der Waals surface area (Å²) in [6.45, 7) is 2.28. The van der Waals surface area contributed by atoms with E-state index in [9.17, 15) is 5.11 Å². The van der Waals surface area contributed by atoms with Gasteiger partial charge in [-0.15, -0.1) is 0 Å². The molecule has 4 rings (SSSR count). The van der Waals surface area contributed by atoms with Crippen molar-refractivity contribution in [3.05, 3.63) is 46.5 Å². The number of allylic oxidation sites excluding steroid dienone is 4.